The number of aromatic nitrogens is 4. The molecule has 3 heterocycles. The normalized spacial score (nSPS) is 13.0. The lowest BCUT2D eigenvalue weighted by molar-refractivity contribution is 0.189. The number of aryl methyl sites for hydroxylation is 2. The van der Waals surface area contributed by atoms with Crippen molar-refractivity contribution in [1.82, 2.24) is 19.5 Å². The first-order valence-corrected chi connectivity index (χ1v) is 12.2. The highest BCUT2D eigenvalue weighted by atomic mass is 35.5. The number of nitrogens with zero attached hydrogens (tertiary/aromatic N) is 4. The van der Waals surface area contributed by atoms with Gasteiger partial charge in [-0.3, -0.25) is 14.3 Å². The molecule has 0 saturated heterocycles. The van der Waals surface area contributed by atoms with Gasteiger partial charge in [0.1, 0.15) is 16.9 Å². The fraction of sp³-hybridized carbons (Fsp3) is 0.259. The lowest BCUT2D eigenvalue weighted by Crippen LogP contribution is -2.24. The van der Waals surface area contributed by atoms with Crippen LogP contribution in [0.2, 0.25) is 10.0 Å². The summed E-state index contributed by atoms with van der Waals surface area (Å²) in [6.07, 6.45) is 2.90. The predicted molar refractivity (Wildman–Crippen MR) is 140 cm³/mol. The predicted octanol–water partition coefficient (Wildman–Crippen LogP) is 6.15. The van der Waals surface area contributed by atoms with Crippen LogP contribution in [0.5, 0.6) is 0 Å². The molecule has 0 radical (unpaired) electrons. The minimum atomic E-state index is -0.822. The first-order valence-electron chi connectivity index (χ1n) is 11.4. The van der Waals surface area contributed by atoms with Gasteiger partial charge in [0.25, 0.3) is 5.56 Å². The Morgan fingerprint density at radius 1 is 1.06 bits per heavy atom. The molecule has 1 aromatic carbocycles. The SMILES string of the molecule is Cc1cnc(-c2ccnc(C(C)O)n2)cc1-n1c(C)cc(C(C)Cc2ccc(Cl)c(F)c2)c(Cl)c1=O. The van der Waals surface area contributed by atoms with Gasteiger partial charge in [-0.2, -0.15) is 0 Å². The smallest absolute Gasteiger partial charge is 0.274 e. The molecule has 0 aliphatic carbocycles. The fourth-order valence-electron chi connectivity index (χ4n) is 4.13. The van der Waals surface area contributed by atoms with Crippen molar-refractivity contribution in [2.24, 2.45) is 0 Å². The zero-order valence-electron chi connectivity index (χ0n) is 20.3. The number of pyridine rings is 2. The summed E-state index contributed by atoms with van der Waals surface area (Å²) in [5, 5.41) is 10.0. The molecule has 0 aliphatic heterocycles. The van der Waals surface area contributed by atoms with E-state index in [-0.39, 0.29) is 27.3 Å². The van der Waals surface area contributed by atoms with E-state index in [2.05, 4.69) is 15.0 Å². The molecule has 6 nitrogen and oxygen atoms in total. The van der Waals surface area contributed by atoms with Gasteiger partial charge in [-0.1, -0.05) is 36.2 Å². The third kappa shape index (κ3) is 5.19. The highest BCUT2D eigenvalue weighted by Gasteiger charge is 2.20. The first kappa shape index (κ1) is 25.9. The molecule has 2 atom stereocenters. The van der Waals surface area contributed by atoms with Gasteiger partial charge in [-0.25, -0.2) is 14.4 Å². The van der Waals surface area contributed by atoms with Crippen molar-refractivity contribution in [3.05, 3.63) is 103 Å². The van der Waals surface area contributed by atoms with Gasteiger partial charge in [-0.15, -0.1) is 0 Å². The molecule has 0 aliphatic rings. The minimum absolute atomic E-state index is 0.0685. The Hall–Kier alpha value is -3.13. The van der Waals surface area contributed by atoms with E-state index in [4.69, 9.17) is 23.2 Å². The van der Waals surface area contributed by atoms with Gasteiger partial charge in [0, 0.05) is 18.1 Å². The molecule has 0 saturated carbocycles. The van der Waals surface area contributed by atoms with E-state index in [1.807, 2.05) is 26.8 Å². The van der Waals surface area contributed by atoms with Crippen LogP contribution in [0.4, 0.5) is 4.39 Å². The summed E-state index contributed by atoms with van der Waals surface area (Å²) in [7, 11) is 0. The zero-order chi connectivity index (χ0) is 26.1. The standard InChI is InChI=1S/C27H25Cl2FN4O2/c1-14(9-18-5-6-20(28)21(30)11-18)19-10-16(3)34(27(36)25(19)29)24-12-23(32-13-15(24)2)22-7-8-31-26(33-22)17(4)35/h5-8,10-14,17,35H,9H2,1-4H3. The summed E-state index contributed by atoms with van der Waals surface area (Å²) in [6.45, 7) is 7.23. The lowest BCUT2D eigenvalue weighted by Gasteiger charge is -2.19. The Morgan fingerprint density at radius 2 is 1.81 bits per heavy atom. The molecular formula is C27H25Cl2FN4O2. The maximum absolute atomic E-state index is 13.9. The van der Waals surface area contributed by atoms with Crippen molar-refractivity contribution in [3.8, 4) is 17.1 Å². The molecule has 36 heavy (non-hydrogen) atoms. The van der Waals surface area contributed by atoms with Crippen LogP contribution < -0.4 is 5.56 Å². The minimum Gasteiger partial charge on any atom is -0.385 e. The summed E-state index contributed by atoms with van der Waals surface area (Å²) >= 11 is 12.4. The third-order valence-electron chi connectivity index (χ3n) is 6.04. The molecule has 9 heteroatoms. The number of rotatable bonds is 6. The van der Waals surface area contributed by atoms with Crippen molar-refractivity contribution in [3.63, 3.8) is 0 Å². The second-order valence-electron chi connectivity index (χ2n) is 8.88. The van der Waals surface area contributed by atoms with Crippen molar-refractivity contribution in [2.45, 2.75) is 46.1 Å². The molecule has 4 rings (SSSR count). The van der Waals surface area contributed by atoms with Crippen molar-refractivity contribution in [2.75, 3.05) is 0 Å². The average Bonchev–Trinajstić information content (AvgIpc) is 2.85. The number of hydrogen-bond donors (Lipinski definition) is 1. The van der Waals surface area contributed by atoms with E-state index in [9.17, 15) is 14.3 Å². The molecule has 3 aromatic heterocycles. The van der Waals surface area contributed by atoms with Crippen LogP contribution in [0.3, 0.4) is 0 Å². The van der Waals surface area contributed by atoms with Crippen molar-refractivity contribution >= 4 is 23.2 Å². The van der Waals surface area contributed by atoms with E-state index >= 15 is 0 Å². The maximum atomic E-state index is 13.9. The molecule has 0 bridgehead atoms. The number of aliphatic hydroxyl groups is 1. The highest BCUT2D eigenvalue weighted by Crippen LogP contribution is 2.29. The fourth-order valence-corrected chi connectivity index (χ4v) is 4.58. The molecule has 0 fully saturated rings. The van der Waals surface area contributed by atoms with Gasteiger partial charge in [-0.05, 0) is 80.1 Å². The van der Waals surface area contributed by atoms with Gasteiger partial charge in [0.2, 0.25) is 0 Å². The molecule has 0 spiro atoms. The van der Waals surface area contributed by atoms with Gasteiger partial charge < -0.3 is 5.11 Å². The Balaban J connectivity index is 1.74. The van der Waals surface area contributed by atoms with Crippen LogP contribution in [-0.2, 0) is 6.42 Å². The van der Waals surface area contributed by atoms with Crippen LogP contribution in [0.1, 0.15) is 54.1 Å². The molecular weight excluding hydrogens is 502 g/mol. The Morgan fingerprint density at radius 3 is 2.50 bits per heavy atom. The summed E-state index contributed by atoms with van der Waals surface area (Å²) < 4.78 is 15.5. The molecule has 4 aromatic rings. The van der Waals surface area contributed by atoms with Gasteiger partial charge in [0.15, 0.2) is 5.82 Å². The number of hydrogen-bond acceptors (Lipinski definition) is 5. The summed E-state index contributed by atoms with van der Waals surface area (Å²) in [6, 6.07) is 10.0. The number of benzene rings is 1. The second-order valence-corrected chi connectivity index (χ2v) is 9.67. The van der Waals surface area contributed by atoms with Crippen molar-refractivity contribution < 1.29 is 9.50 Å². The molecule has 1 N–H and O–H groups in total. The van der Waals surface area contributed by atoms with E-state index in [1.165, 1.54) is 12.1 Å². The molecule has 2 unspecified atom stereocenters. The van der Waals surface area contributed by atoms with E-state index in [0.29, 0.717) is 34.8 Å². The largest absolute Gasteiger partial charge is 0.385 e. The Kier molecular flexibility index (Phi) is 7.54. The molecule has 0 amide bonds. The van der Waals surface area contributed by atoms with E-state index in [1.54, 1.807) is 42.1 Å². The van der Waals surface area contributed by atoms with Crippen LogP contribution in [0.15, 0.2) is 53.6 Å². The monoisotopic (exact) mass is 526 g/mol. The summed E-state index contributed by atoms with van der Waals surface area (Å²) in [4.78, 5) is 26.4. The van der Waals surface area contributed by atoms with E-state index < -0.39 is 11.9 Å². The topological polar surface area (TPSA) is 80.9 Å². The van der Waals surface area contributed by atoms with E-state index in [0.717, 1.165) is 11.1 Å². The van der Waals surface area contributed by atoms with Crippen LogP contribution >= 0.6 is 23.2 Å². The van der Waals surface area contributed by atoms with Gasteiger partial charge >= 0.3 is 0 Å². The quantitative estimate of drug-likeness (QED) is 0.325. The number of aliphatic hydroxyl groups excluding tert-OH is 1. The van der Waals surface area contributed by atoms with Crippen LogP contribution in [0.25, 0.3) is 17.1 Å². The van der Waals surface area contributed by atoms with Crippen molar-refractivity contribution in [1.29, 1.82) is 0 Å². The maximum Gasteiger partial charge on any atom is 0.274 e. The second kappa shape index (κ2) is 10.5. The number of halogens is 3. The van der Waals surface area contributed by atoms with Gasteiger partial charge in [0.05, 0.1) is 22.1 Å². The first-order chi connectivity index (χ1) is 17.1. The zero-order valence-corrected chi connectivity index (χ0v) is 21.8. The molecule has 186 valence electrons. The summed E-state index contributed by atoms with van der Waals surface area (Å²) in [5.41, 5.74) is 4.26. The Labute approximate surface area is 218 Å². The third-order valence-corrected chi connectivity index (χ3v) is 6.73. The lowest BCUT2D eigenvalue weighted by atomic mass is 9.93. The summed E-state index contributed by atoms with van der Waals surface area (Å²) in [5.74, 6) is -0.327. The average molecular weight is 527 g/mol. The highest BCUT2D eigenvalue weighted by molar-refractivity contribution is 6.31. The van der Waals surface area contributed by atoms with Crippen LogP contribution in [-0.4, -0.2) is 24.6 Å². The van der Waals surface area contributed by atoms with Crippen LogP contribution in [0, 0.1) is 19.7 Å². The Bertz CT molecular complexity index is 1500.